The lowest BCUT2D eigenvalue weighted by molar-refractivity contribution is 0.0985. The highest BCUT2D eigenvalue weighted by atomic mass is 16.1. The summed E-state index contributed by atoms with van der Waals surface area (Å²) >= 11 is 0. The first kappa shape index (κ1) is 12.2. The number of Topliss-reactive ketones (excluding diaryl/α,β-unsaturated/α-hetero) is 1. The number of aryl methyl sites for hydroxylation is 1. The second kappa shape index (κ2) is 5.39. The molecule has 0 amide bonds. The van der Waals surface area contributed by atoms with Crippen molar-refractivity contribution in [2.75, 3.05) is 5.73 Å². The summed E-state index contributed by atoms with van der Waals surface area (Å²) in [5.74, 6) is 0.505. The van der Waals surface area contributed by atoms with E-state index in [2.05, 4.69) is 15.1 Å². The SMILES string of the molecule is CCCn1ncnc1CC(=O)c1ncccc1N. The average Bonchev–Trinajstić information content (AvgIpc) is 2.78. The molecule has 2 aromatic heterocycles. The largest absolute Gasteiger partial charge is 0.397 e. The molecule has 94 valence electrons. The Balaban J connectivity index is 2.17. The Kier molecular flexibility index (Phi) is 3.66. The number of ketones is 1. The Hall–Kier alpha value is -2.24. The average molecular weight is 245 g/mol. The zero-order chi connectivity index (χ0) is 13.0. The maximum atomic E-state index is 12.1. The number of carbonyl (C=O) groups is 1. The van der Waals surface area contributed by atoms with E-state index in [0.29, 0.717) is 17.2 Å². The van der Waals surface area contributed by atoms with E-state index in [1.165, 1.54) is 6.33 Å². The van der Waals surface area contributed by atoms with Crippen LogP contribution >= 0.6 is 0 Å². The Morgan fingerprint density at radius 1 is 1.44 bits per heavy atom. The number of carbonyl (C=O) groups excluding carboxylic acids is 1. The fourth-order valence-electron chi connectivity index (χ4n) is 1.70. The van der Waals surface area contributed by atoms with Gasteiger partial charge in [-0.1, -0.05) is 6.92 Å². The van der Waals surface area contributed by atoms with Crippen molar-refractivity contribution in [3.63, 3.8) is 0 Å². The number of nitrogen functional groups attached to an aromatic ring is 1. The van der Waals surface area contributed by atoms with Crippen molar-refractivity contribution in [3.8, 4) is 0 Å². The van der Waals surface area contributed by atoms with Gasteiger partial charge in [0, 0.05) is 12.7 Å². The zero-order valence-corrected chi connectivity index (χ0v) is 10.2. The number of nitrogens with zero attached hydrogens (tertiary/aromatic N) is 4. The lowest BCUT2D eigenvalue weighted by atomic mass is 10.1. The highest BCUT2D eigenvalue weighted by molar-refractivity contribution is 5.99. The Morgan fingerprint density at radius 2 is 2.28 bits per heavy atom. The summed E-state index contributed by atoms with van der Waals surface area (Å²) in [5.41, 5.74) is 6.41. The highest BCUT2D eigenvalue weighted by Crippen LogP contribution is 2.10. The second-order valence-electron chi connectivity index (χ2n) is 3.94. The summed E-state index contributed by atoms with van der Waals surface area (Å²) in [6.07, 6.45) is 4.12. The number of aromatic nitrogens is 4. The lowest BCUT2D eigenvalue weighted by Gasteiger charge is -2.05. The summed E-state index contributed by atoms with van der Waals surface area (Å²) in [5, 5.41) is 4.08. The molecule has 0 radical (unpaired) electrons. The predicted octanol–water partition coefficient (Wildman–Crippen LogP) is 1.09. The van der Waals surface area contributed by atoms with Gasteiger partial charge in [0.1, 0.15) is 17.8 Å². The summed E-state index contributed by atoms with van der Waals surface area (Å²) in [7, 11) is 0. The van der Waals surface area contributed by atoms with Crippen LogP contribution in [0.15, 0.2) is 24.7 Å². The van der Waals surface area contributed by atoms with Gasteiger partial charge in [-0.25, -0.2) is 9.67 Å². The smallest absolute Gasteiger partial charge is 0.190 e. The van der Waals surface area contributed by atoms with Gasteiger partial charge in [0.2, 0.25) is 0 Å². The summed E-state index contributed by atoms with van der Waals surface area (Å²) in [6, 6.07) is 3.36. The fourth-order valence-corrected chi connectivity index (χ4v) is 1.70. The first-order valence-corrected chi connectivity index (χ1v) is 5.82. The molecule has 0 aliphatic rings. The fraction of sp³-hybridized carbons (Fsp3) is 0.333. The van der Waals surface area contributed by atoms with Gasteiger partial charge in [-0.05, 0) is 18.6 Å². The van der Waals surface area contributed by atoms with E-state index < -0.39 is 0 Å². The standard InChI is InChI=1S/C12H15N5O/c1-2-6-17-11(15-8-16-17)7-10(18)12-9(13)4-3-5-14-12/h3-5,8H,2,6-7,13H2,1H3. The number of hydrogen-bond donors (Lipinski definition) is 1. The Bertz CT molecular complexity index is 549. The van der Waals surface area contributed by atoms with Crippen LogP contribution in [0.1, 0.15) is 29.7 Å². The molecule has 2 heterocycles. The Labute approximate surface area is 105 Å². The number of nitrogens with two attached hydrogens (primary N) is 1. The molecular weight excluding hydrogens is 230 g/mol. The van der Waals surface area contributed by atoms with E-state index in [-0.39, 0.29) is 12.2 Å². The van der Waals surface area contributed by atoms with E-state index in [1.54, 1.807) is 23.0 Å². The van der Waals surface area contributed by atoms with E-state index in [1.807, 2.05) is 6.92 Å². The van der Waals surface area contributed by atoms with Crippen molar-refractivity contribution in [2.24, 2.45) is 0 Å². The maximum absolute atomic E-state index is 12.1. The van der Waals surface area contributed by atoms with Crippen LogP contribution in [0.4, 0.5) is 5.69 Å². The molecule has 0 atom stereocenters. The molecule has 18 heavy (non-hydrogen) atoms. The quantitative estimate of drug-likeness (QED) is 0.797. The molecule has 0 saturated carbocycles. The molecule has 2 N–H and O–H groups in total. The monoisotopic (exact) mass is 245 g/mol. The number of pyridine rings is 1. The molecule has 2 aromatic rings. The number of hydrogen-bond acceptors (Lipinski definition) is 5. The molecule has 0 bridgehead atoms. The van der Waals surface area contributed by atoms with Crippen molar-refractivity contribution >= 4 is 11.5 Å². The molecule has 0 fully saturated rings. The third kappa shape index (κ3) is 2.53. The van der Waals surface area contributed by atoms with Gasteiger partial charge < -0.3 is 5.73 Å². The molecule has 0 unspecified atom stereocenters. The minimum atomic E-state index is -0.140. The summed E-state index contributed by atoms with van der Waals surface area (Å²) in [4.78, 5) is 20.2. The van der Waals surface area contributed by atoms with Gasteiger partial charge in [0.05, 0.1) is 12.1 Å². The topological polar surface area (TPSA) is 86.7 Å². The summed E-state index contributed by atoms with van der Waals surface area (Å²) in [6.45, 7) is 2.80. The van der Waals surface area contributed by atoms with Gasteiger partial charge in [-0.15, -0.1) is 0 Å². The molecule has 6 nitrogen and oxygen atoms in total. The summed E-state index contributed by atoms with van der Waals surface area (Å²) < 4.78 is 1.73. The molecule has 0 spiro atoms. The van der Waals surface area contributed by atoms with Gasteiger partial charge >= 0.3 is 0 Å². The normalized spacial score (nSPS) is 10.5. The minimum Gasteiger partial charge on any atom is -0.397 e. The van der Waals surface area contributed by atoms with E-state index >= 15 is 0 Å². The third-order valence-corrected chi connectivity index (χ3v) is 2.55. The molecule has 0 aliphatic carbocycles. The van der Waals surface area contributed by atoms with Crippen molar-refractivity contribution in [1.29, 1.82) is 0 Å². The first-order chi connectivity index (χ1) is 8.72. The second-order valence-corrected chi connectivity index (χ2v) is 3.94. The van der Waals surface area contributed by atoms with Gasteiger partial charge in [-0.2, -0.15) is 5.10 Å². The third-order valence-electron chi connectivity index (χ3n) is 2.55. The molecule has 2 rings (SSSR count). The number of anilines is 1. The predicted molar refractivity (Wildman–Crippen MR) is 67.0 cm³/mol. The molecule has 0 aliphatic heterocycles. The number of rotatable bonds is 5. The van der Waals surface area contributed by atoms with E-state index in [4.69, 9.17) is 5.73 Å². The van der Waals surface area contributed by atoms with Crippen LogP contribution in [0.5, 0.6) is 0 Å². The van der Waals surface area contributed by atoms with Crippen molar-refractivity contribution in [2.45, 2.75) is 26.3 Å². The minimum absolute atomic E-state index is 0.140. The first-order valence-electron chi connectivity index (χ1n) is 5.82. The van der Waals surface area contributed by atoms with Gasteiger partial charge in [0.15, 0.2) is 5.78 Å². The molecule has 0 aromatic carbocycles. The molecule has 0 saturated heterocycles. The zero-order valence-electron chi connectivity index (χ0n) is 10.2. The van der Waals surface area contributed by atoms with Crippen LogP contribution in [0.2, 0.25) is 0 Å². The van der Waals surface area contributed by atoms with E-state index in [9.17, 15) is 4.79 Å². The van der Waals surface area contributed by atoms with Crippen LogP contribution in [0.25, 0.3) is 0 Å². The van der Waals surface area contributed by atoms with Crippen molar-refractivity contribution < 1.29 is 4.79 Å². The lowest BCUT2D eigenvalue weighted by Crippen LogP contribution is -2.14. The van der Waals surface area contributed by atoms with Gasteiger partial charge in [-0.3, -0.25) is 9.78 Å². The van der Waals surface area contributed by atoms with Crippen LogP contribution in [-0.4, -0.2) is 25.5 Å². The van der Waals surface area contributed by atoms with Crippen LogP contribution in [0, 0.1) is 0 Å². The molecule has 6 heteroatoms. The molecular formula is C12H15N5O. The Morgan fingerprint density at radius 3 is 3.00 bits per heavy atom. The van der Waals surface area contributed by atoms with Crippen molar-refractivity contribution in [3.05, 3.63) is 36.2 Å². The van der Waals surface area contributed by atoms with Crippen LogP contribution in [-0.2, 0) is 13.0 Å². The van der Waals surface area contributed by atoms with Crippen LogP contribution in [0.3, 0.4) is 0 Å². The van der Waals surface area contributed by atoms with Crippen molar-refractivity contribution in [1.82, 2.24) is 19.7 Å². The van der Waals surface area contributed by atoms with Crippen LogP contribution < -0.4 is 5.73 Å². The highest BCUT2D eigenvalue weighted by Gasteiger charge is 2.15. The van der Waals surface area contributed by atoms with Gasteiger partial charge in [0.25, 0.3) is 0 Å². The van der Waals surface area contributed by atoms with E-state index in [0.717, 1.165) is 13.0 Å². The maximum Gasteiger partial charge on any atom is 0.190 e.